The Morgan fingerprint density at radius 1 is 0.286 bits per heavy atom. The fourth-order valence-corrected chi connectivity index (χ4v) is 6.55. The molecule has 1 saturated carbocycles. The molecule has 0 heterocycles. The minimum atomic E-state index is -5.30. The normalized spacial score (nSPS) is 35.4. The van der Waals surface area contributed by atoms with Crippen molar-refractivity contribution in [2.24, 2.45) is 0 Å². The van der Waals surface area contributed by atoms with E-state index in [1.54, 1.807) is 0 Å². The first-order chi connectivity index (χ1) is 18.6. The second-order valence-electron chi connectivity index (χ2n) is 8.25. The first kappa shape index (κ1) is 41.3. The highest BCUT2D eigenvalue weighted by Crippen LogP contribution is 2.63. The average molecular weight is 846 g/mol. The molecule has 6 N–H and O–H groups in total. The van der Waals surface area contributed by atoms with Gasteiger partial charge in [-0.3, -0.25) is 28.8 Å². The standard InChI is InChI=1S/C18H12Cl12O12/c19-7(20)1(31)13(37)14(38,2(32)8(21)22)16(40,4(34)10(25)26)18(42,6(36)12(29)30)17(41,5(35)11(27)28)15(13,39)3(33)9(23)24/h7-12,37-42H. The summed E-state index contributed by atoms with van der Waals surface area (Å²) in [6.45, 7) is 0. The number of hydrogen-bond donors (Lipinski definition) is 6. The highest BCUT2D eigenvalue weighted by Gasteiger charge is 2.99. The molecule has 12 nitrogen and oxygen atoms in total. The number of hydrogen-bond acceptors (Lipinski definition) is 12. The molecule has 0 saturated heterocycles. The number of ketones is 6. The molecular weight excluding hydrogens is 834 g/mol. The molecule has 0 spiro atoms. The lowest BCUT2D eigenvalue weighted by atomic mass is 9.40. The van der Waals surface area contributed by atoms with Crippen molar-refractivity contribution >= 4 is 174 Å². The topological polar surface area (TPSA) is 224 Å². The molecule has 0 aliphatic heterocycles. The summed E-state index contributed by atoms with van der Waals surface area (Å²) in [6, 6.07) is 0. The van der Waals surface area contributed by atoms with Gasteiger partial charge in [0.05, 0.1) is 0 Å². The van der Waals surface area contributed by atoms with Gasteiger partial charge in [0.25, 0.3) is 0 Å². The number of carbonyl (C=O) groups excluding carboxylic acids is 6. The highest BCUT2D eigenvalue weighted by atomic mass is 35.6. The summed E-state index contributed by atoms with van der Waals surface area (Å²) in [6.07, 6.45) is 0. The van der Waals surface area contributed by atoms with Crippen LogP contribution in [-0.2, 0) is 28.8 Å². The van der Waals surface area contributed by atoms with Gasteiger partial charge in [0.15, 0.2) is 29.0 Å². The van der Waals surface area contributed by atoms with E-state index in [-0.39, 0.29) is 0 Å². The first-order valence-corrected chi connectivity index (χ1v) is 15.2. The monoisotopic (exact) mass is 840 g/mol. The van der Waals surface area contributed by atoms with Crippen LogP contribution in [0, 0.1) is 0 Å². The van der Waals surface area contributed by atoms with Crippen LogP contribution in [0.25, 0.3) is 0 Å². The predicted octanol–water partition coefficient (Wildman–Crippen LogP) is 0.623. The molecule has 0 atom stereocenters. The Labute approximate surface area is 293 Å². The lowest BCUT2D eigenvalue weighted by molar-refractivity contribution is -0.373. The molecule has 0 amide bonds. The van der Waals surface area contributed by atoms with Crippen LogP contribution in [0.1, 0.15) is 0 Å². The van der Waals surface area contributed by atoms with Gasteiger partial charge >= 0.3 is 0 Å². The molecule has 0 aromatic carbocycles. The molecule has 24 heteroatoms. The molecule has 1 rings (SSSR count). The Morgan fingerprint density at radius 3 is 0.405 bits per heavy atom. The summed E-state index contributed by atoms with van der Waals surface area (Å²) < 4.78 is 0. The number of Topliss-reactive ketones (excluding diaryl/α,β-unsaturated/α-hetero) is 6. The molecule has 0 bridgehead atoms. The maximum absolute atomic E-state index is 13.5. The van der Waals surface area contributed by atoms with E-state index in [0.717, 1.165) is 0 Å². The van der Waals surface area contributed by atoms with Crippen LogP contribution in [0.15, 0.2) is 0 Å². The summed E-state index contributed by atoms with van der Waals surface area (Å²) >= 11 is 66.0. The molecule has 1 fully saturated rings. The summed E-state index contributed by atoms with van der Waals surface area (Å²) in [5.41, 5.74) is -31.8. The minimum absolute atomic E-state index is 2.68. The Bertz CT molecular complexity index is 941. The van der Waals surface area contributed by atoms with E-state index in [9.17, 15) is 59.4 Å². The van der Waals surface area contributed by atoms with Crippen molar-refractivity contribution in [1.29, 1.82) is 0 Å². The summed E-state index contributed by atoms with van der Waals surface area (Å²) in [5, 5.41) is 71.4. The van der Waals surface area contributed by atoms with E-state index in [1.165, 1.54) is 0 Å². The van der Waals surface area contributed by atoms with Gasteiger partial charge < -0.3 is 30.6 Å². The predicted molar refractivity (Wildman–Crippen MR) is 153 cm³/mol. The molecule has 240 valence electrons. The molecule has 0 aromatic rings. The maximum Gasteiger partial charge on any atom is 0.205 e. The zero-order valence-corrected chi connectivity index (χ0v) is 28.2. The van der Waals surface area contributed by atoms with Crippen molar-refractivity contribution in [3.8, 4) is 0 Å². The van der Waals surface area contributed by atoms with E-state index < -0.39 is 97.3 Å². The number of carbonyl (C=O) groups is 6. The van der Waals surface area contributed by atoms with Crippen LogP contribution < -0.4 is 0 Å². The number of aliphatic hydroxyl groups is 6. The van der Waals surface area contributed by atoms with Gasteiger partial charge in [0.2, 0.25) is 68.3 Å². The minimum Gasteiger partial charge on any atom is -0.376 e. The smallest absolute Gasteiger partial charge is 0.205 e. The number of alkyl halides is 12. The highest BCUT2D eigenvalue weighted by molar-refractivity contribution is 6.61. The van der Waals surface area contributed by atoms with Crippen molar-refractivity contribution < 1.29 is 59.4 Å². The van der Waals surface area contributed by atoms with Gasteiger partial charge in [-0.05, 0) is 0 Å². The molecule has 0 unspecified atom stereocenters. The molecule has 0 radical (unpaired) electrons. The molecule has 0 aromatic heterocycles. The quantitative estimate of drug-likeness (QED) is 0.149. The largest absolute Gasteiger partial charge is 0.376 e. The van der Waals surface area contributed by atoms with E-state index in [1.807, 2.05) is 0 Å². The van der Waals surface area contributed by atoms with Gasteiger partial charge in [-0.1, -0.05) is 139 Å². The maximum atomic E-state index is 13.5. The van der Waals surface area contributed by atoms with E-state index in [2.05, 4.69) is 0 Å². The molecule has 1 aliphatic rings. The SMILES string of the molecule is O=C(C(Cl)Cl)C1(O)C(O)(C(=O)C(Cl)Cl)C(O)(C(=O)C(Cl)Cl)C(O)(C(=O)C(Cl)Cl)C(O)(C(=O)C(Cl)Cl)C1(O)C(=O)C(Cl)Cl. The van der Waals surface area contributed by atoms with Crippen molar-refractivity contribution in [2.75, 3.05) is 0 Å². The van der Waals surface area contributed by atoms with Gasteiger partial charge in [-0.2, -0.15) is 0 Å². The summed E-state index contributed by atoms with van der Waals surface area (Å²) in [5.74, 6) is -16.1. The van der Waals surface area contributed by atoms with Crippen molar-refractivity contribution in [3.05, 3.63) is 0 Å². The average Bonchev–Trinajstić information content (AvgIpc) is 2.90. The zero-order chi connectivity index (χ0) is 33.9. The van der Waals surface area contributed by atoms with Crippen LogP contribution in [-0.4, -0.2) is 128 Å². The van der Waals surface area contributed by atoms with Crippen molar-refractivity contribution in [1.82, 2.24) is 0 Å². The van der Waals surface area contributed by atoms with E-state index in [0.29, 0.717) is 0 Å². The van der Waals surface area contributed by atoms with Crippen LogP contribution in [0.3, 0.4) is 0 Å². The summed E-state index contributed by atoms with van der Waals surface area (Å²) in [4.78, 5) is 63.4. The molecule has 1 aliphatic carbocycles. The second kappa shape index (κ2) is 13.4. The Hall–Kier alpha value is 1.26. The first-order valence-electron chi connectivity index (χ1n) is 9.92. The number of rotatable bonds is 12. The molecule has 42 heavy (non-hydrogen) atoms. The van der Waals surface area contributed by atoms with Crippen LogP contribution in [0.2, 0.25) is 0 Å². The lowest BCUT2D eigenvalue weighted by Crippen LogP contribution is -3.03. The Kier molecular flexibility index (Phi) is 13.2. The van der Waals surface area contributed by atoms with Gasteiger partial charge in [0.1, 0.15) is 0 Å². The van der Waals surface area contributed by atoms with Gasteiger partial charge in [0, 0.05) is 0 Å². The number of halogens is 12. The van der Waals surface area contributed by atoms with E-state index in [4.69, 9.17) is 139 Å². The third-order valence-electron chi connectivity index (χ3n) is 6.47. The summed E-state index contributed by atoms with van der Waals surface area (Å²) in [7, 11) is 0. The van der Waals surface area contributed by atoms with Crippen molar-refractivity contribution in [3.63, 3.8) is 0 Å². The Balaban J connectivity index is 5.22. The van der Waals surface area contributed by atoms with Crippen LogP contribution in [0.4, 0.5) is 0 Å². The third-order valence-corrected chi connectivity index (χ3v) is 8.85. The zero-order valence-electron chi connectivity index (χ0n) is 19.1. The van der Waals surface area contributed by atoms with Crippen molar-refractivity contribution in [2.45, 2.75) is 62.6 Å². The Morgan fingerprint density at radius 2 is 0.357 bits per heavy atom. The fraction of sp³-hybridized carbons (Fsp3) is 0.667. The second-order valence-corrected chi connectivity index (χ2v) is 14.8. The van der Waals surface area contributed by atoms with Crippen LogP contribution >= 0.6 is 139 Å². The lowest BCUT2D eigenvalue weighted by Gasteiger charge is -2.68. The molecular formula is C18H12Cl12O12. The van der Waals surface area contributed by atoms with Gasteiger partial charge in [-0.15, -0.1) is 0 Å². The van der Waals surface area contributed by atoms with Gasteiger partial charge in [-0.25, -0.2) is 0 Å². The van der Waals surface area contributed by atoms with Crippen LogP contribution in [0.5, 0.6) is 0 Å². The fourth-order valence-electron chi connectivity index (χ4n) is 4.66. The third kappa shape index (κ3) is 5.03. The van der Waals surface area contributed by atoms with E-state index >= 15 is 0 Å².